The molecule has 26 heavy (non-hydrogen) atoms. The molecule has 1 N–H and O–H groups in total. The third-order valence-electron chi connectivity index (χ3n) is 3.24. The second-order valence-corrected chi connectivity index (χ2v) is 5.99. The van der Waals surface area contributed by atoms with Gasteiger partial charge in [-0.15, -0.1) is 5.10 Å². The largest absolute Gasteiger partial charge is 0.471 e. The maximum absolute atomic E-state index is 11.4. The molecule has 10 heteroatoms. The van der Waals surface area contributed by atoms with Crippen LogP contribution in [0.5, 0.6) is 5.75 Å². The van der Waals surface area contributed by atoms with E-state index in [1.807, 2.05) is 18.2 Å². The summed E-state index contributed by atoms with van der Waals surface area (Å²) in [7, 11) is 1.30. The Kier molecular flexibility index (Phi) is 5.64. The molecule has 1 aromatic carbocycles. The zero-order valence-corrected chi connectivity index (χ0v) is 14.6. The monoisotopic (exact) mass is 373 g/mol. The van der Waals surface area contributed by atoms with E-state index < -0.39 is 5.97 Å². The number of nitrogens with one attached hydrogen (secondary N) is 1. The van der Waals surface area contributed by atoms with Gasteiger partial charge in [0.25, 0.3) is 0 Å². The van der Waals surface area contributed by atoms with Crippen molar-refractivity contribution in [1.29, 1.82) is 0 Å². The van der Waals surface area contributed by atoms with Gasteiger partial charge >= 0.3 is 5.97 Å². The molecule has 0 atom stereocenters. The summed E-state index contributed by atoms with van der Waals surface area (Å²) in [5, 5.41) is 15.1. The predicted molar refractivity (Wildman–Crippen MR) is 96.3 cm³/mol. The van der Waals surface area contributed by atoms with Crippen molar-refractivity contribution in [3.05, 3.63) is 47.8 Å². The Morgan fingerprint density at radius 2 is 2.27 bits per heavy atom. The van der Waals surface area contributed by atoms with Crippen LogP contribution in [-0.2, 0) is 16.3 Å². The molecule has 134 valence electrons. The Labute approximate surface area is 153 Å². The highest BCUT2D eigenvalue weighted by molar-refractivity contribution is 8.15. The first kappa shape index (κ1) is 17.7. The molecule has 0 radical (unpaired) electrons. The van der Waals surface area contributed by atoms with Crippen molar-refractivity contribution in [3.8, 4) is 5.75 Å². The minimum Gasteiger partial charge on any atom is -0.471 e. The van der Waals surface area contributed by atoms with Crippen LogP contribution in [0, 0.1) is 0 Å². The van der Waals surface area contributed by atoms with Crippen LogP contribution >= 0.6 is 11.8 Å². The fourth-order valence-electron chi connectivity index (χ4n) is 2.02. The number of rotatable bonds is 6. The van der Waals surface area contributed by atoms with Gasteiger partial charge in [-0.3, -0.25) is 4.79 Å². The van der Waals surface area contributed by atoms with Gasteiger partial charge in [-0.1, -0.05) is 23.9 Å². The first-order valence-corrected chi connectivity index (χ1v) is 8.51. The normalized spacial score (nSPS) is 15.4. The minimum absolute atomic E-state index is 0.0850. The third-order valence-corrected chi connectivity index (χ3v) is 4.10. The molecule has 1 amide bonds. The Morgan fingerprint density at radius 3 is 3.04 bits per heavy atom. The number of methoxy groups -OCH3 is 1. The van der Waals surface area contributed by atoms with Crippen LogP contribution in [0.25, 0.3) is 0 Å². The van der Waals surface area contributed by atoms with Crippen LogP contribution < -0.4 is 10.1 Å². The molecule has 1 fully saturated rings. The molecule has 1 aliphatic rings. The number of carbonyl (C=O) groups excluding carboxylic acids is 2. The maximum Gasteiger partial charge on any atom is 0.358 e. The summed E-state index contributed by atoms with van der Waals surface area (Å²) in [6.45, 7) is 0.113. The summed E-state index contributed by atoms with van der Waals surface area (Å²) in [5.74, 6) is 0.339. The zero-order valence-electron chi connectivity index (χ0n) is 13.8. The number of para-hydroxylation sites is 1. The summed E-state index contributed by atoms with van der Waals surface area (Å²) in [6, 6.07) is 8.82. The SMILES string of the molecule is COC(=O)c1ccn(COc2ccccc2C=NN=C2NC(=O)CS2)n1. The first-order valence-electron chi connectivity index (χ1n) is 7.53. The average molecular weight is 373 g/mol. The number of aromatic nitrogens is 2. The number of hydrogen-bond donors (Lipinski definition) is 1. The van der Waals surface area contributed by atoms with Crippen molar-refractivity contribution >= 4 is 35.0 Å². The van der Waals surface area contributed by atoms with E-state index in [9.17, 15) is 9.59 Å². The Hall–Kier alpha value is -3.14. The Bertz CT molecular complexity index is 877. The van der Waals surface area contributed by atoms with E-state index in [4.69, 9.17) is 4.74 Å². The van der Waals surface area contributed by atoms with Crippen LogP contribution in [0.3, 0.4) is 0 Å². The number of benzene rings is 1. The highest BCUT2D eigenvalue weighted by atomic mass is 32.2. The number of hydrogen-bond acceptors (Lipinski definition) is 8. The van der Waals surface area contributed by atoms with Crippen LogP contribution in [0.4, 0.5) is 0 Å². The molecular weight excluding hydrogens is 358 g/mol. The van der Waals surface area contributed by atoms with E-state index in [0.717, 1.165) is 0 Å². The van der Waals surface area contributed by atoms with Crippen molar-refractivity contribution in [3.63, 3.8) is 0 Å². The molecule has 2 aromatic rings. The van der Waals surface area contributed by atoms with Gasteiger partial charge in [-0.25, -0.2) is 9.48 Å². The topological polar surface area (TPSA) is 107 Å². The van der Waals surface area contributed by atoms with Gasteiger partial charge in [-0.05, 0) is 18.2 Å². The van der Waals surface area contributed by atoms with Gasteiger partial charge in [-0.2, -0.15) is 10.2 Å². The van der Waals surface area contributed by atoms with Gasteiger partial charge in [0.15, 0.2) is 17.6 Å². The minimum atomic E-state index is -0.507. The second kappa shape index (κ2) is 8.30. The number of amidine groups is 1. The lowest BCUT2D eigenvalue weighted by molar-refractivity contribution is -0.116. The number of nitrogens with zero attached hydrogens (tertiary/aromatic N) is 4. The van der Waals surface area contributed by atoms with Gasteiger partial charge < -0.3 is 14.8 Å². The first-order chi connectivity index (χ1) is 12.7. The molecule has 0 bridgehead atoms. The molecule has 0 aliphatic carbocycles. The molecule has 1 aromatic heterocycles. The second-order valence-electron chi connectivity index (χ2n) is 5.03. The predicted octanol–water partition coefficient (Wildman–Crippen LogP) is 1.26. The maximum atomic E-state index is 11.4. The molecule has 3 rings (SSSR count). The number of carbonyl (C=O) groups is 2. The fourth-order valence-corrected chi connectivity index (χ4v) is 2.65. The van der Waals surface area contributed by atoms with E-state index in [1.165, 1.54) is 29.8 Å². The highest BCUT2D eigenvalue weighted by Crippen LogP contribution is 2.17. The van der Waals surface area contributed by atoms with Crippen molar-refractivity contribution in [1.82, 2.24) is 15.1 Å². The van der Waals surface area contributed by atoms with E-state index in [1.54, 1.807) is 18.3 Å². The number of amides is 1. The fraction of sp³-hybridized carbons (Fsp3) is 0.188. The van der Waals surface area contributed by atoms with Crippen molar-refractivity contribution in [2.45, 2.75) is 6.73 Å². The smallest absolute Gasteiger partial charge is 0.358 e. The standard InChI is InChI=1S/C16H15N5O4S/c1-24-15(23)12-6-7-21(20-12)10-25-13-5-3-2-4-11(13)8-17-19-16-18-14(22)9-26-16/h2-8H,9-10H2,1H3,(H,18,19,22). The highest BCUT2D eigenvalue weighted by Gasteiger charge is 2.16. The molecule has 0 spiro atoms. The molecule has 0 saturated carbocycles. The Morgan fingerprint density at radius 1 is 1.42 bits per heavy atom. The summed E-state index contributed by atoms with van der Waals surface area (Å²) < 4.78 is 11.8. The van der Waals surface area contributed by atoms with E-state index in [2.05, 4.69) is 25.4 Å². The molecule has 2 heterocycles. The number of esters is 1. The average Bonchev–Trinajstić information content (AvgIpc) is 3.29. The lowest BCUT2D eigenvalue weighted by Crippen LogP contribution is -2.19. The molecule has 9 nitrogen and oxygen atoms in total. The van der Waals surface area contributed by atoms with Gasteiger partial charge in [0.05, 0.1) is 19.1 Å². The van der Waals surface area contributed by atoms with Crippen LogP contribution in [0.1, 0.15) is 16.1 Å². The van der Waals surface area contributed by atoms with E-state index in [-0.39, 0.29) is 18.3 Å². The summed E-state index contributed by atoms with van der Waals surface area (Å²) in [4.78, 5) is 22.5. The third kappa shape index (κ3) is 4.48. The van der Waals surface area contributed by atoms with Gasteiger partial charge in [0.1, 0.15) is 5.75 Å². The van der Waals surface area contributed by atoms with Crippen LogP contribution in [0.2, 0.25) is 0 Å². The van der Waals surface area contributed by atoms with E-state index >= 15 is 0 Å². The Balaban J connectivity index is 1.64. The summed E-state index contributed by atoms with van der Waals surface area (Å²) >= 11 is 1.30. The number of thioether (sulfide) groups is 1. The molecule has 1 aliphatic heterocycles. The lowest BCUT2D eigenvalue weighted by atomic mass is 10.2. The van der Waals surface area contributed by atoms with Gasteiger partial charge in [0.2, 0.25) is 5.91 Å². The van der Waals surface area contributed by atoms with E-state index in [0.29, 0.717) is 22.2 Å². The zero-order chi connectivity index (χ0) is 18.4. The van der Waals surface area contributed by atoms with Crippen molar-refractivity contribution < 1.29 is 19.1 Å². The van der Waals surface area contributed by atoms with Gasteiger partial charge in [0, 0.05) is 11.8 Å². The quantitative estimate of drug-likeness (QED) is 0.464. The molecule has 1 saturated heterocycles. The van der Waals surface area contributed by atoms with Crippen LogP contribution in [-0.4, -0.2) is 45.9 Å². The lowest BCUT2D eigenvalue weighted by Gasteiger charge is -2.08. The summed E-state index contributed by atoms with van der Waals surface area (Å²) in [6.07, 6.45) is 3.16. The van der Waals surface area contributed by atoms with Crippen molar-refractivity contribution in [2.75, 3.05) is 12.9 Å². The van der Waals surface area contributed by atoms with Crippen LogP contribution in [0.15, 0.2) is 46.7 Å². The molecule has 0 unspecified atom stereocenters. The number of ether oxygens (including phenoxy) is 2. The molecular formula is C16H15N5O4S. The van der Waals surface area contributed by atoms with Crippen molar-refractivity contribution in [2.24, 2.45) is 10.2 Å². The summed E-state index contributed by atoms with van der Waals surface area (Å²) in [5.41, 5.74) is 0.921.